The van der Waals surface area contributed by atoms with Gasteiger partial charge in [0, 0.05) is 18.1 Å². The Morgan fingerprint density at radius 2 is 1.74 bits per heavy atom. The number of aryl methyl sites for hydroxylation is 2. The molecule has 1 aromatic heterocycles. The van der Waals surface area contributed by atoms with Gasteiger partial charge in [0.25, 0.3) is 5.56 Å². The molecule has 34 heavy (non-hydrogen) atoms. The van der Waals surface area contributed by atoms with Crippen LogP contribution >= 0.6 is 0 Å². The third-order valence-corrected chi connectivity index (χ3v) is 5.90. The summed E-state index contributed by atoms with van der Waals surface area (Å²) in [5.74, 6) is -0.620. The van der Waals surface area contributed by atoms with Gasteiger partial charge in [-0.05, 0) is 60.9 Å². The van der Waals surface area contributed by atoms with Crippen molar-refractivity contribution in [3.63, 3.8) is 0 Å². The van der Waals surface area contributed by atoms with E-state index in [2.05, 4.69) is 5.32 Å². The number of allylic oxidation sites excluding steroid dienone is 1. The second-order valence-electron chi connectivity index (χ2n) is 8.22. The molecule has 0 aliphatic rings. The number of carbonyl (C=O) groups excluding carboxylic acids is 1. The Balaban J connectivity index is 1.61. The minimum absolute atomic E-state index is 0.151. The summed E-state index contributed by atoms with van der Waals surface area (Å²) < 4.78 is 1.37. The minimum Gasteiger partial charge on any atom is -0.508 e. The molecular weight excluding hydrogens is 428 g/mol. The zero-order valence-corrected chi connectivity index (χ0v) is 19.0. The Bertz CT molecular complexity index is 1440. The Hall–Kier alpha value is -4.32. The van der Waals surface area contributed by atoms with Crippen LogP contribution in [0.15, 0.2) is 89.7 Å². The molecule has 0 spiro atoms. The summed E-state index contributed by atoms with van der Waals surface area (Å²) in [5.41, 5.74) is 2.40. The van der Waals surface area contributed by atoms with Crippen LogP contribution in [-0.2, 0) is 7.05 Å². The standard InChI is InChI=1S/C28H26N2O4/c1-18-17-20(15-16-24(18)31)29-22(19-9-4-3-5-10-19)12-8-14-25(32)26-27(33)21-11-6-7-13-23(21)30(2)28(26)34/h3-11,13-17,22,29,31,33H,12H2,1-2H3/b14-8+. The number of phenols is 1. The van der Waals surface area contributed by atoms with E-state index in [9.17, 15) is 19.8 Å². The lowest BCUT2D eigenvalue weighted by molar-refractivity contribution is 0.104. The second kappa shape index (κ2) is 9.67. The lowest BCUT2D eigenvalue weighted by Gasteiger charge is -2.19. The Morgan fingerprint density at radius 1 is 1.03 bits per heavy atom. The maximum absolute atomic E-state index is 12.9. The molecule has 0 amide bonds. The van der Waals surface area contributed by atoms with Gasteiger partial charge >= 0.3 is 0 Å². The van der Waals surface area contributed by atoms with Crippen LogP contribution in [-0.4, -0.2) is 20.6 Å². The summed E-state index contributed by atoms with van der Waals surface area (Å²) >= 11 is 0. The lowest BCUT2D eigenvalue weighted by atomic mass is 10.0. The van der Waals surface area contributed by atoms with Crippen LogP contribution in [0, 0.1) is 6.92 Å². The van der Waals surface area contributed by atoms with E-state index in [4.69, 9.17) is 0 Å². The monoisotopic (exact) mass is 454 g/mol. The maximum Gasteiger partial charge on any atom is 0.265 e. The van der Waals surface area contributed by atoms with Gasteiger partial charge in [-0.3, -0.25) is 9.59 Å². The van der Waals surface area contributed by atoms with Crippen LogP contribution in [0.5, 0.6) is 11.5 Å². The van der Waals surface area contributed by atoms with Crippen molar-refractivity contribution in [1.82, 2.24) is 4.57 Å². The van der Waals surface area contributed by atoms with Crippen molar-refractivity contribution in [3.8, 4) is 11.5 Å². The molecular formula is C28H26N2O4. The number of phenolic OH excluding ortho intramolecular Hbond substituents is 1. The number of para-hydroxylation sites is 1. The van der Waals surface area contributed by atoms with Crippen LogP contribution in [0.1, 0.15) is 33.9 Å². The first-order valence-electron chi connectivity index (χ1n) is 11.0. The second-order valence-corrected chi connectivity index (χ2v) is 8.22. The van der Waals surface area contributed by atoms with Gasteiger partial charge in [-0.15, -0.1) is 0 Å². The van der Waals surface area contributed by atoms with E-state index in [1.165, 1.54) is 10.6 Å². The molecule has 6 heteroatoms. The molecule has 0 radical (unpaired) electrons. The average Bonchev–Trinajstić information content (AvgIpc) is 2.85. The number of carbonyl (C=O) groups is 1. The average molecular weight is 455 g/mol. The smallest absolute Gasteiger partial charge is 0.265 e. The van der Waals surface area contributed by atoms with Crippen LogP contribution in [0.4, 0.5) is 5.69 Å². The fourth-order valence-corrected chi connectivity index (χ4v) is 4.01. The maximum atomic E-state index is 12.9. The van der Waals surface area contributed by atoms with Crippen molar-refractivity contribution in [2.45, 2.75) is 19.4 Å². The highest BCUT2D eigenvalue weighted by molar-refractivity contribution is 6.09. The zero-order chi connectivity index (χ0) is 24.2. The molecule has 0 aliphatic heterocycles. The summed E-state index contributed by atoms with van der Waals surface area (Å²) in [7, 11) is 1.58. The highest BCUT2D eigenvalue weighted by atomic mass is 16.3. The Kier molecular flexibility index (Phi) is 6.50. The van der Waals surface area contributed by atoms with Crippen molar-refractivity contribution in [3.05, 3.63) is 112 Å². The number of rotatable bonds is 7. The molecule has 3 N–H and O–H groups in total. The third kappa shape index (κ3) is 4.57. The fraction of sp³-hybridized carbons (Fsp3) is 0.143. The molecule has 6 nitrogen and oxygen atoms in total. The molecule has 1 heterocycles. The molecule has 0 saturated carbocycles. The number of pyridine rings is 1. The van der Waals surface area contributed by atoms with Crippen LogP contribution in [0.2, 0.25) is 0 Å². The predicted octanol–water partition coefficient (Wildman–Crippen LogP) is 5.24. The van der Waals surface area contributed by atoms with Crippen LogP contribution in [0.25, 0.3) is 10.9 Å². The largest absolute Gasteiger partial charge is 0.508 e. The SMILES string of the molecule is Cc1cc(NC(C/C=C/C(=O)c2c(O)c3ccccc3n(C)c2=O)c2ccccc2)ccc1O. The summed E-state index contributed by atoms with van der Waals surface area (Å²) in [6.45, 7) is 1.83. The van der Waals surface area contributed by atoms with E-state index in [-0.39, 0.29) is 23.1 Å². The topological polar surface area (TPSA) is 91.6 Å². The number of hydrogen-bond acceptors (Lipinski definition) is 5. The van der Waals surface area contributed by atoms with Crippen LogP contribution in [0.3, 0.4) is 0 Å². The van der Waals surface area contributed by atoms with E-state index >= 15 is 0 Å². The van der Waals surface area contributed by atoms with Crippen molar-refractivity contribution >= 4 is 22.4 Å². The molecule has 1 atom stereocenters. The summed E-state index contributed by atoms with van der Waals surface area (Å²) in [4.78, 5) is 25.7. The van der Waals surface area contributed by atoms with Gasteiger partial charge in [-0.25, -0.2) is 0 Å². The number of hydrogen-bond donors (Lipinski definition) is 3. The van der Waals surface area contributed by atoms with Crippen molar-refractivity contribution in [1.29, 1.82) is 0 Å². The van der Waals surface area contributed by atoms with Gasteiger partial charge in [-0.2, -0.15) is 0 Å². The first-order chi connectivity index (χ1) is 16.4. The third-order valence-electron chi connectivity index (χ3n) is 5.90. The van der Waals surface area contributed by atoms with Crippen molar-refractivity contribution < 1.29 is 15.0 Å². The lowest BCUT2D eigenvalue weighted by Crippen LogP contribution is -2.24. The number of benzene rings is 3. The Labute approximate surface area is 197 Å². The molecule has 4 aromatic rings. The summed E-state index contributed by atoms with van der Waals surface area (Å²) in [5, 5.41) is 24.4. The van der Waals surface area contributed by atoms with Crippen molar-refractivity contribution in [2.24, 2.45) is 7.05 Å². The molecule has 1 unspecified atom stereocenters. The zero-order valence-electron chi connectivity index (χ0n) is 19.0. The van der Waals surface area contributed by atoms with E-state index in [0.29, 0.717) is 17.3 Å². The van der Waals surface area contributed by atoms with Gasteiger partial charge in [-0.1, -0.05) is 48.5 Å². The first-order valence-corrected chi connectivity index (χ1v) is 11.0. The molecule has 0 bridgehead atoms. The number of nitrogens with zero attached hydrogens (tertiary/aromatic N) is 1. The normalized spacial score (nSPS) is 12.2. The molecule has 0 saturated heterocycles. The predicted molar refractivity (Wildman–Crippen MR) is 135 cm³/mol. The van der Waals surface area contributed by atoms with Crippen LogP contribution < -0.4 is 10.9 Å². The number of fused-ring (bicyclic) bond motifs is 1. The number of aromatic hydroxyl groups is 2. The molecule has 172 valence electrons. The Morgan fingerprint density at radius 3 is 2.47 bits per heavy atom. The van der Waals surface area contributed by atoms with Gasteiger partial charge in [0.15, 0.2) is 5.78 Å². The van der Waals surface area contributed by atoms with Gasteiger partial charge < -0.3 is 20.1 Å². The molecule has 0 aliphatic carbocycles. The van der Waals surface area contributed by atoms with E-state index < -0.39 is 11.3 Å². The fourth-order valence-electron chi connectivity index (χ4n) is 4.01. The van der Waals surface area contributed by atoms with Gasteiger partial charge in [0.2, 0.25) is 0 Å². The first kappa shape index (κ1) is 22.9. The summed E-state index contributed by atoms with van der Waals surface area (Å²) in [6.07, 6.45) is 3.50. The van der Waals surface area contributed by atoms with Crippen molar-refractivity contribution in [2.75, 3.05) is 5.32 Å². The van der Waals surface area contributed by atoms with E-state index in [0.717, 1.165) is 16.8 Å². The minimum atomic E-state index is -0.545. The van der Waals surface area contributed by atoms with Gasteiger partial charge in [0.1, 0.15) is 17.1 Å². The highest BCUT2D eigenvalue weighted by Gasteiger charge is 2.19. The van der Waals surface area contributed by atoms with Gasteiger partial charge in [0.05, 0.1) is 11.6 Å². The van der Waals surface area contributed by atoms with E-state index in [1.54, 1.807) is 49.5 Å². The van der Waals surface area contributed by atoms with E-state index in [1.807, 2.05) is 43.3 Å². The number of anilines is 1. The molecule has 3 aromatic carbocycles. The number of nitrogens with one attached hydrogen (secondary N) is 1. The summed E-state index contributed by atoms with van der Waals surface area (Å²) in [6, 6.07) is 21.9. The quantitative estimate of drug-likeness (QED) is 0.202. The molecule has 0 fully saturated rings. The number of ketones is 1. The number of aromatic nitrogens is 1. The molecule has 4 rings (SSSR count). The highest BCUT2D eigenvalue weighted by Crippen LogP contribution is 2.28.